The van der Waals surface area contributed by atoms with Crippen LogP contribution in [0, 0.1) is 6.92 Å². The van der Waals surface area contributed by atoms with Gasteiger partial charge in [0.15, 0.2) is 0 Å². The fraction of sp³-hybridized carbons (Fsp3) is 0.391. The van der Waals surface area contributed by atoms with Crippen molar-refractivity contribution in [2.24, 2.45) is 0 Å². The molecule has 1 aliphatic heterocycles. The topological polar surface area (TPSA) is 75.4 Å². The van der Waals surface area contributed by atoms with E-state index in [1.807, 2.05) is 47.6 Å². The highest BCUT2D eigenvalue weighted by Crippen LogP contribution is 2.20. The second kappa shape index (κ2) is 10.1. The van der Waals surface area contributed by atoms with Crippen molar-refractivity contribution in [3.63, 3.8) is 0 Å². The van der Waals surface area contributed by atoms with Crippen LogP contribution in [0.5, 0.6) is 0 Å². The van der Waals surface area contributed by atoms with Crippen molar-refractivity contribution in [2.45, 2.75) is 24.8 Å². The number of hydrogen-bond acceptors (Lipinski definition) is 7. The van der Waals surface area contributed by atoms with Gasteiger partial charge in [0.1, 0.15) is 5.03 Å². The van der Waals surface area contributed by atoms with Crippen molar-refractivity contribution in [1.82, 2.24) is 24.9 Å². The maximum atomic E-state index is 12.8. The molecule has 0 spiro atoms. The Hall–Kier alpha value is -2.71. The summed E-state index contributed by atoms with van der Waals surface area (Å²) in [7, 11) is 0. The van der Waals surface area contributed by atoms with Gasteiger partial charge in [-0.2, -0.15) is 4.98 Å². The Balaban J connectivity index is 1.23. The molecule has 0 N–H and O–H groups in total. The number of aromatic nitrogens is 3. The fourth-order valence-corrected chi connectivity index (χ4v) is 4.23. The zero-order chi connectivity index (χ0) is 21.6. The van der Waals surface area contributed by atoms with Gasteiger partial charge in [-0.25, -0.2) is 4.98 Å². The number of carbonyl (C=O) groups excluding carboxylic acids is 1. The van der Waals surface area contributed by atoms with Crippen molar-refractivity contribution >= 4 is 17.7 Å². The zero-order valence-corrected chi connectivity index (χ0v) is 18.8. The maximum Gasteiger partial charge on any atom is 0.256 e. The van der Waals surface area contributed by atoms with Crippen LogP contribution >= 0.6 is 11.8 Å². The van der Waals surface area contributed by atoms with Gasteiger partial charge in [0.05, 0.1) is 5.56 Å². The van der Waals surface area contributed by atoms with Gasteiger partial charge in [0.25, 0.3) is 5.91 Å². The Labute approximate surface area is 186 Å². The molecule has 1 saturated heterocycles. The number of nitrogens with zero attached hydrogens (tertiary/aromatic N) is 5. The predicted octanol–water partition coefficient (Wildman–Crippen LogP) is 3.55. The summed E-state index contributed by atoms with van der Waals surface area (Å²) in [6.07, 6.45) is 5.38. The fourth-order valence-electron chi connectivity index (χ4n) is 3.69. The molecule has 162 valence electrons. The monoisotopic (exact) mass is 437 g/mol. The van der Waals surface area contributed by atoms with Crippen molar-refractivity contribution in [3.05, 3.63) is 59.6 Å². The molecule has 4 rings (SSSR count). The minimum Gasteiger partial charge on any atom is -0.339 e. The first-order valence-corrected chi connectivity index (χ1v) is 11.8. The van der Waals surface area contributed by atoms with Crippen LogP contribution < -0.4 is 0 Å². The van der Waals surface area contributed by atoms with Gasteiger partial charge >= 0.3 is 0 Å². The second-order valence-corrected chi connectivity index (χ2v) is 8.47. The molecular weight excluding hydrogens is 410 g/mol. The molecule has 1 fully saturated rings. The summed E-state index contributed by atoms with van der Waals surface area (Å²) in [5.41, 5.74) is 2.88. The highest BCUT2D eigenvalue weighted by atomic mass is 32.2. The normalized spacial score (nSPS) is 14.7. The van der Waals surface area contributed by atoms with Gasteiger partial charge in [-0.3, -0.25) is 9.69 Å². The Morgan fingerprint density at radius 3 is 2.65 bits per heavy atom. The molecule has 3 aromatic rings. The standard InChI is InChI=1S/C23H27N5O2S/c1-17-7-9-18(10-8-17)21-25-20(30-26-21)6-4-12-27-13-15-28(16-14-27)23(29)19-5-3-11-24-22(19)31-2/h3,5,7-11H,4,6,12-16H2,1-2H3. The largest absolute Gasteiger partial charge is 0.339 e. The molecule has 0 atom stereocenters. The van der Waals surface area contributed by atoms with E-state index in [1.165, 1.54) is 17.3 Å². The maximum absolute atomic E-state index is 12.8. The van der Waals surface area contributed by atoms with Gasteiger partial charge in [-0.15, -0.1) is 11.8 Å². The van der Waals surface area contributed by atoms with Crippen LogP contribution in [0.25, 0.3) is 11.4 Å². The minimum absolute atomic E-state index is 0.0756. The smallest absolute Gasteiger partial charge is 0.256 e. The second-order valence-electron chi connectivity index (χ2n) is 7.68. The SMILES string of the molecule is CSc1ncccc1C(=O)N1CCN(CCCc2nc(-c3ccc(C)cc3)no2)CC1. The quantitative estimate of drug-likeness (QED) is 0.523. The van der Waals surface area contributed by atoms with E-state index in [9.17, 15) is 4.79 Å². The summed E-state index contributed by atoms with van der Waals surface area (Å²) in [6.45, 7) is 6.23. The summed E-state index contributed by atoms with van der Waals surface area (Å²) in [5, 5.41) is 4.89. The van der Waals surface area contributed by atoms with Crippen LogP contribution in [0.2, 0.25) is 0 Å². The molecule has 31 heavy (non-hydrogen) atoms. The average Bonchev–Trinajstić information content (AvgIpc) is 3.28. The van der Waals surface area contributed by atoms with Crippen LogP contribution in [-0.2, 0) is 6.42 Å². The van der Waals surface area contributed by atoms with E-state index in [0.29, 0.717) is 17.3 Å². The third kappa shape index (κ3) is 5.32. The Kier molecular flexibility index (Phi) is 6.99. The van der Waals surface area contributed by atoms with E-state index in [-0.39, 0.29) is 5.91 Å². The van der Waals surface area contributed by atoms with Gasteiger partial charge in [0.2, 0.25) is 11.7 Å². The van der Waals surface area contributed by atoms with Crippen LogP contribution in [-0.4, -0.2) is 69.8 Å². The highest BCUT2D eigenvalue weighted by Gasteiger charge is 2.24. The Morgan fingerprint density at radius 2 is 1.90 bits per heavy atom. The number of amides is 1. The first kappa shape index (κ1) is 21.5. The highest BCUT2D eigenvalue weighted by molar-refractivity contribution is 7.98. The minimum atomic E-state index is 0.0756. The van der Waals surface area contributed by atoms with E-state index in [1.54, 1.807) is 6.20 Å². The number of hydrogen-bond donors (Lipinski definition) is 0. The lowest BCUT2D eigenvalue weighted by atomic mass is 10.1. The summed E-state index contributed by atoms with van der Waals surface area (Å²) < 4.78 is 5.42. The van der Waals surface area contributed by atoms with Crippen molar-refractivity contribution in [2.75, 3.05) is 39.0 Å². The number of aryl methyl sites for hydroxylation is 2. The Morgan fingerprint density at radius 1 is 1.13 bits per heavy atom. The number of benzene rings is 1. The number of carbonyl (C=O) groups is 1. The lowest BCUT2D eigenvalue weighted by Crippen LogP contribution is -2.49. The van der Waals surface area contributed by atoms with Gasteiger partial charge < -0.3 is 9.42 Å². The molecule has 7 nitrogen and oxygen atoms in total. The van der Waals surface area contributed by atoms with E-state index < -0.39 is 0 Å². The van der Waals surface area contributed by atoms with Crippen LogP contribution in [0.1, 0.15) is 28.2 Å². The summed E-state index contributed by atoms with van der Waals surface area (Å²) in [4.78, 5) is 26.0. The van der Waals surface area contributed by atoms with E-state index >= 15 is 0 Å². The third-order valence-corrected chi connectivity index (χ3v) is 6.21. The molecular formula is C23H27N5O2S. The third-order valence-electron chi connectivity index (χ3n) is 5.50. The van der Waals surface area contributed by atoms with E-state index in [0.717, 1.165) is 56.2 Å². The summed E-state index contributed by atoms with van der Waals surface area (Å²) in [5.74, 6) is 1.39. The molecule has 0 saturated carbocycles. The van der Waals surface area contributed by atoms with Gasteiger partial charge in [-0.05, 0) is 38.3 Å². The first-order chi connectivity index (χ1) is 15.1. The first-order valence-electron chi connectivity index (χ1n) is 10.5. The molecule has 0 aliphatic carbocycles. The van der Waals surface area contributed by atoms with Crippen molar-refractivity contribution < 1.29 is 9.32 Å². The van der Waals surface area contributed by atoms with Gasteiger partial charge in [0, 0.05) is 44.4 Å². The average molecular weight is 438 g/mol. The van der Waals surface area contributed by atoms with Crippen molar-refractivity contribution in [1.29, 1.82) is 0 Å². The zero-order valence-electron chi connectivity index (χ0n) is 18.0. The van der Waals surface area contributed by atoms with Crippen LogP contribution in [0.4, 0.5) is 0 Å². The van der Waals surface area contributed by atoms with Crippen LogP contribution in [0.3, 0.4) is 0 Å². The lowest BCUT2D eigenvalue weighted by Gasteiger charge is -2.34. The molecule has 3 heterocycles. The molecule has 1 aromatic carbocycles. The molecule has 1 amide bonds. The van der Waals surface area contributed by atoms with E-state index in [4.69, 9.17) is 4.52 Å². The van der Waals surface area contributed by atoms with E-state index in [2.05, 4.69) is 26.9 Å². The number of thioether (sulfide) groups is 1. The summed E-state index contributed by atoms with van der Waals surface area (Å²) >= 11 is 1.51. The number of rotatable bonds is 7. The van der Waals surface area contributed by atoms with Crippen LogP contribution in [0.15, 0.2) is 52.1 Å². The molecule has 0 unspecified atom stereocenters. The molecule has 0 radical (unpaired) electrons. The predicted molar refractivity (Wildman–Crippen MR) is 121 cm³/mol. The number of pyridine rings is 1. The lowest BCUT2D eigenvalue weighted by molar-refractivity contribution is 0.0631. The van der Waals surface area contributed by atoms with Gasteiger partial charge in [-0.1, -0.05) is 35.0 Å². The molecule has 1 aliphatic rings. The number of piperazine rings is 1. The Bertz CT molecular complexity index is 1010. The summed E-state index contributed by atoms with van der Waals surface area (Å²) in [6, 6.07) is 11.8. The molecule has 8 heteroatoms. The molecule has 0 bridgehead atoms. The molecule has 2 aromatic heterocycles. The van der Waals surface area contributed by atoms with Crippen molar-refractivity contribution in [3.8, 4) is 11.4 Å².